The van der Waals surface area contributed by atoms with Gasteiger partial charge in [-0.25, -0.2) is 4.79 Å². The monoisotopic (exact) mass is 644 g/mol. The Hall–Kier alpha value is -4.32. The minimum absolute atomic E-state index is 0.0637. The molecule has 0 saturated carbocycles. The standard InChI is InChI=1S/C34H43F3N4O5/c1-22-9-10-28(19-29(22)25(20-40(8)21-42)15-23(2)41-11-13-45-14-12-41)38-30(43)24-16-26(18-27(17-24)34(35,36)37)33(6,7)39-31(44)46-32(3,4)5/h9-10,15-21H,11-14H2,1-8H3,(H,38,43)(H,39,44)/b23-15+,25-20+. The first-order valence-electron chi connectivity index (χ1n) is 14.9. The van der Waals surface area contributed by atoms with Crippen LogP contribution in [0.5, 0.6) is 0 Å². The van der Waals surface area contributed by atoms with Gasteiger partial charge in [-0.15, -0.1) is 0 Å². The van der Waals surface area contributed by atoms with Crippen molar-refractivity contribution in [2.45, 2.75) is 65.8 Å². The van der Waals surface area contributed by atoms with Gasteiger partial charge in [-0.05, 0) is 102 Å². The van der Waals surface area contributed by atoms with Gasteiger partial charge in [0.05, 0.1) is 24.3 Å². The lowest BCUT2D eigenvalue weighted by Gasteiger charge is -2.30. The molecule has 2 aromatic carbocycles. The Balaban J connectivity index is 1.99. The molecule has 0 spiro atoms. The molecule has 0 radical (unpaired) electrons. The lowest BCUT2D eigenvalue weighted by Crippen LogP contribution is -2.44. The van der Waals surface area contributed by atoms with Gasteiger partial charge in [0.25, 0.3) is 5.91 Å². The second kappa shape index (κ2) is 14.4. The van der Waals surface area contributed by atoms with E-state index >= 15 is 0 Å². The molecule has 250 valence electrons. The quantitative estimate of drug-likeness (QED) is 0.233. The fourth-order valence-corrected chi connectivity index (χ4v) is 4.79. The highest BCUT2D eigenvalue weighted by Crippen LogP contribution is 2.34. The normalized spacial score (nSPS) is 14.9. The van der Waals surface area contributed by atoms with Crippen LogP contribution in [-0.2, 0) is 26.0 Å². The zero-order valence-electron chi connectivity index (χ0n) is 27.6. The Bertz CT molecular complexity index is 1500. The van der Waals surface area contributed by atoms with Crippen LogP contribution in [0.2, 0.25) is 0 Å². The molecule has 0 atom stereocenters. The number of allylic oxidation sites excluding steroid dienone is 3. The van der Waals surface area contributed by atoms with Gasteiger partial charge in [0.1, 0.15) is 5.60 Å². The number of aryl methyl sites for hydroxylation is 1. The Morgan fingerprint density at radius 3 is 2.22 bits per heavy atom. The average molecular weight is 645 g/mol. The van der Waals surface area contributed by atoms with Crippen LogP contribution in [0.15, 0.2) is 54.4 Å². The third-order valence-electron chi connectivity index (χ3n) is 7.25. The van der Waals surface area contributed by atoms with Crippen molar-refractivity contribution in [1.82, 2.24) is 15.1 Å². The fraction of sp³-hybridized carbons (Fsp3) is 0.441. The minimum Gasteiger partial charge on any atom is -0.444 e. The van der Waals surface area contributed by atoms with E-state index in [-0.39, 0.29) is 11.1 Å². The first-order chi connectivity index (χ1) is 21.3. The number of alkyl halides is 3. The summed E-state index contributed by atoms with van der Waals surface area (Å²) >= 11 is 0. The smallest absolute Gasteiger partial charge is 0.416 e. The number of ether oxygens (including phenoxy) is 2. The lowest BCUT2D eigenvalue weighted by atomic mass is 9.90. The van der Waals surface area contributed by atoms with E-state index in [4.69, 9.17) is 9.47 Å². The molecule has 3 amide bonds. The Labute approximate surface area is 268 Å². The molecule has 2 N–H and O–H groups in total. The number of benzene rings is 2. The van der Waals surface area contributed by atoms with Crippen molar-refractivity contribution in [2.24, 2.45) is 0 Å². The average Bonchev–Trinajstić information content (AvgIpc) is 2.96. The summed E-state index contributed by atoms with van der Waals surface area (Å²) in [7, 11) is 1.61. The SMILES string of the molecule is C/C(=C\C(=C/N(C)C=O)c1cc(NC(=O)c2cc(C(F)(F)F)cc(C(C)(C)NC(=O)OC(C)(C)C)c2)ccc1C)N1CCOCC1. The van der Waals surface area contributed by atoms with Gasteiger partial charge in [0.15, 0.2) is 0 Å². The van der Waals surface area contributed by atoms with Crippen LogP contribution in [0, 0.1) is 6.92 Å². The number of amides is 3. The van der Waals surface area contributed by atoms with Crippen LogP contribution in [0.1, 0.15) is 74.2 Å². The summed E-state index contributed by atoms with van der Waals surface area (Å²) in [5, 5.41) is 5.32. The van der Waals surface area contributed by atoms with Crippen LogP contribution in [0.3, 0.4) is 0 Å². The maximum atomic E-state index is 14.0. The Kier molecular flexibility index (Phi) is 11.3. The van der Waals surface area contributed by atoms with Gasteiger partial charge < -0.3 is 29.9 Å². The van der Waals surface area contributed by atoms with E-state index in [0.717, 1.165) is 36.5 Å². The number of alkyl carbamates (subject to hydrolysis) is 1. The number of nitrogens with zero attached hydrogens (tertiary/aromatic N) is 2. The summed E-state index contributed by atoms with van der Waals surface area (Å²) in [6.45, 7) is 14.5. The van der Waals surface area contributed by atoms with Crippen molar-refractivity contribution < 1.29 is 37.0 Å². The predicted molar refractivity (Wildman–Crippen MR) is 171 cm³/mol. The van der Waals surface area contributed by atoms with Crippen LogP contribution in [0.25, 0.3) is 5.57 Å². The van der Waals surface area contributed by atoms with Crippen molar-refractivity contribution in [3.8, 4) is 0 Å². The maximum absolute atomic E-state index is 14.0. The number of halogens is 3. The van der Waals surface area contributed by atoms with Gasteiger partial charge in [-0.1, -0.05) is 6.07 Å². The minimum atomic E-state index is -4.75. The summed E-state index contributed by atoms with van der Waals surface area (Å²) in [5.41, 5.74) is 0.213. The summed E-state index contributed by atoms with van der Waals surface area (Å²) in [4.78, 5) is 41.0. The van der Waals surface area contributed by atoms with Crippen LogP contribution < -0.4 is 10.6 Å². The van der Waals surface area contributed by atoms with E-state index in [1.54, 1.807) is 52.2 Å². The molecule has 0 unspecified atom stereocenters. The molecule has 0 bridgehead atoms. The van der Waals surface area contributed by atoms with Gasteiger partial charge >= 0.3 is 12.3 Å². The molecule has 3 rings (SSSR count). The van der Waals surface area contributed by atoms with Gasteiger partial charge in [-0.3, -0.25) is 9.59 Å². The highest BCUT2D eigenvalue weighted by atomic mass is 19.4. The molecule has 2 aromatic rings. The molecule has 1 fully saturated rings. The van der Waals surface area contributed by atoms with E-state index in [0.29, 0.717) is 36.4 Å². The zero-order chi connectivity index (χ0) is 34.4. The second-order valence-electron chi connectivity index (χ2n) is 12.8. The highest BCUT2D eigenvalue weighted by Gasteiger charge is 2.35. The summed E-state index contributed by atoms with van der Waals surface area (Å²) in [6.07, 6.45) is -1.28. The number of rotatable bonds is 9. The number of morpholine rings is 1. The third-order valence-corrected chi connectivity index (χ3v) is 7.25. The zero-order valence-corrected chi connectivity index (χ0v) is 27.6. The largest absolute Gasteiger partial charge is 0.444 e. The first-order valence-corrected chi connectivity index (χ1v) is 14.9. The molecule has 12 heteroatoms. The first kappa shape index (κ1) is 36.2. The summed E-state index contributed by atoms with van der Waals surface area (Å²) in [5.74, 6) is -0.772. The number of carbonyl (C=O) groups is 3. The lowest BCUT2D eigenvalue weighted by molar-refractivity contribution is -0.137. The van der Waals surface area contributed by atoms with Crippen molar-refractivity contribution in [2.75, 3.05) is 38.7 Å². The molecule has 46 heavy (non-hydrogen) atoms. The number of hydrogen-bond acceptors (Lipinski definition) is 6. The van der Waals surface area contributed by atoms with E-state index in [2.05, 4.69) is 15.5 Å². The topological polar surface area (TPSA) is 100 Å². The van der Waals surface area contributed by atoms with Crippen LogP contribution in [-0.4, -0.2) is 67.2 Å². The van der Waals surface area contributed by atoms with Crippen LogP contribution in [0.4, 0.5) is 23.7 Å². The predicted octanol–water partition coefficient (Wildman–Crippen LogP) is 6.69. The van der Waals surface area contributed by atoms with Gasteiger partial charge in [0, 0.05) is 48.9 Å². The molecule has 1 aliphatic rings. The maximum Gasteiger partial charge on any atom is 0.416 e. The highest BCUT2D eigenvalue weighted by molar-refractivity contribution is 6.05. The van der Waals surface area contributed by atoms with E-state index in [1.807, 2.05) is 19.9 Å². The van der Waals surface area contributed by atoms with Crippen molar-refractivity contribution in [3.63, 3.8) is 0 Å². The Morgan fingerprint density at radius 1 is 1.00 bits per heavy atom. The van der Waals surface area contributed by atoms with E-state index < -0.39 is 34.9 Å². The molecule has 1 heterocycles. The third kappa shape index (κ3) is 10.1. The number of carbonyl (C=O) groups excluding carboxylic acids is 3. The van der Waals surface area contributed by atoms with E-state index in [1.165, 1.54) is 24.8 Å². The van der Waals surface area contributed by atoms with Gasteiger partial charge in [-0.2, -0.15) is 13.2 Å². The van der Waals surface area contributed by atoms with Crippen molar-refractivity contribution in [3.05, 3.63) is 82.2 Å². The van der Waals surface area contributed by atoms with E-state index in [9.17, 15) is 27.6 Å². The Morgan fingerprint density at radius 2 is 1.63 bits per heavy atom. The molecular weight excluding hydrogens is 601 g/mol. The van der Waals surface area contributed by atoms with Crippen molar-refractivity contribution >= 4 is 29.7 Å². The van der Waals surface area contributed by atoms with Gasteiger partial charge in [0.2, 0.25) is 6.41 Å². The second-order valence-corrected chi connectivity index (χ2v) is 12.8. The number of nitrogens with one attached hydrogen (secondary N) is 2. The van der Waals surface area contributed by atoms with Crippen molar-refractivity contribution in [1.29, 1.82) is 0 Å². The number of hydrogen-bond donors (Lipinski definition) is 2. The molecular formula is C34H43F3N4O5. The molecule has 1 aliphatic heterocycles. The number of anilines is 1. The fourth-order valence-electron chi connectivity index (χ4n) is 4.79. The molecule has 0 aromatic heterocycles. The molecule has 1 saturated heterocycles. The van der Waals surface area contributed by atoms with Crippen LogP contribution >= 0.6 is 0 Å². The molecule has 9 nitrogen and oxygen atoms in total. The summed E-state index contributed by atoms with van der Waals surface area (Å²) < 4.78 is 52.7. The summed E-state index contributed by atoms with van der Waals surface area (Å²) in [6, 6.07) is 8.14. The molecule has 0 aliphatic carbocycles.